The average molecular weight is 385 g/mol. The van der Waals surface area contributed by atoms with Gasteiger partial charge < -0.3 is 9.42 Å². The Morgan fingerprint density at radius 3 is 2.08 bits per heavy atom. The Kier molecular flexibility index (Phi) is 4.09. The molecule has 0 aliphatic carbocycles. The molecular weight excluding hydrogens is 361 g/mol. The molecule has 5 heteroatoms. The van der Waals surface area contributed by atoms with Crippen LogP contribution in [0.2, 0.25) is 0 Å². The summed E-state index contributed by atoms with van der Waals surface area (Å²) in [5.41, 5.74) is 2.27. The lowest BCUT2D eigenvalue weighted by Gasteiger charge is -2.45. The summed E-state index contributed by atoms with van der Waals surface area (Å²) in [6, 6.07) is 12.6. The maximum Gasteiger partial charge on any atom is 0.263 e. The molecule has 0 aromatic heterocycles. The summed E-state index contributed by atoms with van der Waals surface area (Å²) in [5.74, 6) is 0.543. The number of fused-ring (bicyclic) bond motifs is 5. The number of benzene rings is 2. The van der Waals surface area contributed by atoms with Crippen molar-refractivity contribution in [3.63, 3.8) is 0 Å². The predicted octanol–water partition coefficient (Wildman–Crippen LogP) is 4.11. The van der Waals surface area contributed by atoms with E-state index in [1.807, 2.05) is 0 Å². The Hall–Kier alpha value is -1.06. The van der Waals surface area contributed by atoms with Gasteiger partial charge in [-0.3, -0.25) is 4.57 Å². The van der Waals surface area contributed by atoms with Crippen LogP contribution < -0.4 is 10.6 Å². The summed E-state index contributed by atoms with van der Waals surface area (Å²) in [4.78, 5) is 4.62. The zero-order chi connectivity index (χ0) is 17.9. The molecule has 3 saturated heterocycles. The summed E-state index contributed by atoms with van der Waals surface area (Å²) in [6.45, 7) is 7.38. The van der Waals surface area contributed by atoms with Gasteiger partial charge in [0.2, 0.25) is 0 Å². The maximum absolute atomic E-state index is 14.5. The predicted molar refractivity (Wildman–Crippen MR) is 107 cm³/mol. The highest BCUT2D eigenvalue weighted by molar-refractivity contribution is 8.01. The minimum Gasteiger partial charge on any atom is -0.317 e. The Labute approximate surface area is 159 Å². The Morgan fingerprint density at radius 1 is 1.00 bits per heavy atom. The van der Waals surface area contributed by atoms with Crippen molar-refractivity contribution in [3.8, 4) is 0 Å². The van der Waals surface area contributed by atoms with E-state index in [9.17, 15) is 4.57 Å². The monoisotopic (exact) mass is 385 g/mol. The zero-order valence-corrected chi connectivity index (χ0v) is 17.0. The largest absolute Gasteiger partial charge is 0.317 e. The van der Waals surface area contributed by atoms with Crippen LogP contribution in [0.1, 0.15) is 24.0 Å². The van der Waals surface area contributed by atoms with Gasteiger partial charge in [0.1, 0.15) is 0 Å². The molecule has 2 bridgehead atoms. The molecule has 1 unspecified atom stereocenters. The standard InChI is InChI=1S/C21H24NO2PS/c1-14-3-5-20-18(11-14)25(23,19-12-15(2)4-6-21(19)26-20)24-17-13-22-9-7-16(17)8-10-22/h3-6,11-12,16-17H,7-10,13H2,1-2H3. The van der Waals surface area contributed by atoms with Crippen LogP contribution in [-0.2, 0) is 9.09 Å². The van der Waals surface area contributed by atoms with E-state index in [-0.39, 0.29) is 6.10 Å². The lowest BCUT2D eigenvalue weighted by Crippen LogP contribution is -2.51. The molecule has 3 nitrogen and oxygen atoms in total. The third kappa shape index (κ3) is 2.70. The van der Waals surface area contributed by atoms with Crippen molar-refractivity contribution < 1.29 is 9.09 Å². The molecule has 2 aromatic rings. The number of aryl methyl sites for hydroxylation is 2. The molecule has 0 amide bonds. The van der Waals surface area contributed by atoms with Crippen molar-refractivity contribution in [2.45, 2.75) is 42.6 Å². The van der Waals surface area contributed by atoms with E-state index in [0.717, 1.165) is 51.2 Å². The zero-order valence-electron chi connectivity index (χ0n) is 15.3. The van der Waals surface area contributed by atoms with Gasteiger partial charge in [0.05, 0.1) is 16.7 Å². The van der Waals surface area contributed by atoms with Gasteiger partial charge in [-0.05, 0) is 70.0 Å². The molecule has 1 atom stereocenters. The number of piperidine rings is 3. The fraction of sp³-hybridized carbons (Fsp3) is 0.429. The Morgan fingerprint density at radius 2 is 1.58 bits per heavy atom. The molecular formula is C21H24NO2PS. The second kappa shape index (κ2) is 6.24. The molecule has 0 saturated carbocycles. The Balaban J connectivity index is 1.63. The van der Waals surface area contributed by atoms with Gasteiger partial charge in [0.15, 0.2) is 0 Å². The van der Waals surface area contributed by atoms with E-state index in [0.29, 0.717) is 5.92 Å². The van der Waals surface area contributed by atoms with Crippen molar-refractivity contribution in [1.82, 2.24) is 4.90 Å². The number of hydrogen-bond donors (Lipinski definition) is 0. The summed E-state index contributed by atoms with van der Waals surface area (Å²) >= 11 is 1.72. The summed E-state index contributed by atoms with van der Waals surface area (Å²) in [7, 11) is -3.09. The minimum absolute atomic E-state index is 0.0770. The molecule has 4 aliphatic heterocycles. The Bertz CT molecular complexity index is 865. The lowest BCUT2D eigenvalue weighted by atomic mass is 9.86. The highest BCUT2D eigenvalue weighted by Gasteiger charge is 2.44. The quantitative estimate of drug-likeness (QED) is 0.728. The van der Waals surface area contributed by atoms with Crippen LogP contribution in [0.5, 0.6) is 0 Å². The third-order valence-corrected chi connectivity index (χ3v) is 9.99. The van der Waals surface area contributed by atoms with Gasteiger partial charge in [0.25, 0.3) is 7.37 Å². The average Bonchev–Trinajstić information content (AvgIpc) is 2.64. The number of nitrogens with zero attached hydrogens (tertiary/aromatic N) is 1. The first-order valence-electron chi connectivity index (χ1n) is 9.44. The summed E-state index contributed by atoms with van der Waals surface area (Å²) in [5, 5.41) is 1.80. The van der Waals surface area contributed by atoms with Crippen molar-refractivity contribution in [1.29, 1.82) is 0 Å². The van der Waals surface area contributed by atoms with Gasteiger partial charge in [-0.15, -0.1) is 0 Å². The minimum atomic E-state index is -3.09. The van der Waals surface area contributed by atoms with Crippen LogP contribution >= 0.6 is 19.1 Å². The summed E-state index contributed by atoms with van der Waals surface area (Å²) < 4.78 is 21.1. The van der Waals surface area contributed by atoms with Crippen LogP contribution in [-0.4, -0.2) is 30.6 Å². The van der Waals surface area contributed by atoms with E-state index >= 15 is 0 Å². The van der Waals surface area contributed by atoms with Crippen molar-refractivity contribution in [2.75, 3.05) is 19.6 Å². The third-order valence-electron chi connectivity index (χ3n) is 5.96. The molecule has 3 fully saturated rings. The highest BCUT2D eigenvalue weighted by Crippen LogP contribution is 2.56. The van der Waals surface area contributed by atoms with E-state index < -0.39 is 7.37 Å². The van der Waals surface area contributed by atoms with Crippen molar-refractivity contribution in [2.24, 2.45) is 5.92 Å². The summed E-state index contributed by atoms with van der Waals surface area (Å²) in [6.07, 6.45) is 2.41. The molecule has 6 rings (SSSR count). The molecule has 0 radical (unpaired) electrons. The van der Waals surface area contributed by atoms with Crippen molar-refractivity contribution in [3.05, 3.63) is 47.5 Å². The highest BCUT2D eigenvalue weighted by atomic mass is 32.2. The first-order chi connectivity index (χ1) is 12.5. The smallest absolute Gasteiger partial charge is 0.263 e. The van der Waals surface area contributed by atoms with Crippen LogP contribution in [0.4, 0.5) is 0 Å². The van der Waals surface area contributed by atoms with Gasteiger partial charge in [-0.2, -0.15) is 0 Å². The normalized spacial score (nSPS) is 28.5. The van der Waals surface area contributed by atoms with Gasteiger partial charge >= 0.3 is 0 Å². The second-order valence-corrected chi connectivity index (χ2v) is 11.2. The van der Waals surface area contributed by atoms with Crippen LogP contribution in [0, 0.1) is 19.8 Å². The van der Waals surface area contributed by atoms with Gasteiger partial charge in [-0.25, -0.2) is 0 Å². The first kappa shape index (κ1) is 17.1. The van der Waals surface area contributed by atoms with E-state index in [1.54, 1.807) is 11.8 Å². The molecule has 4 heterocycles. The fourth-order valence-corrected chi connectivity index (χ4v) is 8.88. The molecule has 4 aliphatic rings. The van der Waals surface area contributed by atoms with E-state index in [1.165, 1.54) is 12.8 Å². The van der Waals surface area contributed by atoms with E-state index in [4.69, 9.17) is 4.52 Å². The van der Waals surface area contributed by atoms with Crippen LogP contribution in [0.15, 0.2) is 46.2 Å². The second-order valence-electron chi connectivity index (χ2n) is 7.88. The van der Waals surface area contributed by atoms with Crippen LogP contribution in [0.25, 0.3) is 0 Å². The van der Waals surface area contributed by atoms with Gasteiger partial charge in [0, 0.05) is 16.3 Å². The molecule has 136 valence electrons. The van der Waals surface area contributed by atoms with Gasteiger partial charge in [-0.1, -0.05) is 35.0 Å². The van der Waals surface area contributed by atoms with E-state index in [2.05, 4.69) is 55.1 Å². The molecule has 0 N–H and O–H groups in total. The topological polar surface area (TPSA) is 29.5 Å². The SMILES string of the molecule is Cc1ccc2c(c1)P(=O)(OC1CN3CCC1CC3)c1cc(C)ccc1S2. The first-order valence-corrected chi connectivity index (χ1v) is 11.9. The fourth-order valence-electron chi connectivity index (χ4n) is 4.47. The number of rotatable bonds is 2. The molecule has 2 aromatic carbocycles. The number of hydrogen-bond acceptors (Lipinski definition) is 4. The van der Waals surface area contributed by atoms with Crippen molar-refractivity contribution >= 4 is 29.7 Å². The van der Waals surface area contributed by atoms with Crippen LogP contribution in [0.3, 0.4) is 0 Å². The maximum atomic E-state index is 14.5. The molecule has 26 heavy (non-hydrogen) atoms. The molecule has 0 spiro atoms. The lowest BCUT2D eigenvalue weighted by molar-refractivity contribution is -0.00440.